The van der Waals surface area contributed by atoms with E-state index in [1.54, 1.807) is 24.3 Å². The maximum atomic E-state index is 9.50. The zero-order valence-electron chi connectivity index (χ0n) is 7.77. The van der Waals surface area contributed by atoms with Gasteiger partial charge in [0.05, 0.1) is 12.5 Å². The van der Waals surface area contributed by atoms with E-state index in [1.807, 2.05) is 6.07 Å². The Hall–Kier alpha value is -1.79. The first kappa shape index (κ1) is 10.3. The number of nitrogens with two attached hydrogens (primary N) is 1. The standard InChI is InChI=1S/C11H12N2O/c1-2-8-3-4-11(14)9(7-8)10(13)5-6-12/h2-4,7,10,14H,1,5,13H2/t10-/m1/s1. The van der Waals surface area contributed by atoms with Gasteiger partial charge in [-0.2, -0.15) is 5.26 Å². The van der Waals surface area contributed by atoms with Gasteiger partial charge in [0.2, 0.25) is 0 Å². The first-order valence-electron chi connectivity index (χ1n) is 4.27. The number of nitrogens with zero attached hydrogens (tertiary/aromatic N) is 1. The SMILES string of the molecule is C=Cc1ccc(O)c([C@H](N)CC#N)c1. The molecule has 0 bridgehead atoms. The lowest BCUT2D eigenvalue weighted by Crippen LogP contribution is -2.09. The van der Waals surface area contributed by atoms with Gasteiger partial charge in [0.1, 0.15) is 5.75 Å². The molecule has 0 unspecified atom stereocenters. The van der Waals surface area contributed by atoms with Crippen LogP contribution in [0, 0.1) is 11.3 Å². The minimum Gasteiger partial charge on any atom is -0.508 e. The van der Waals surface area contributed by atoms with Crippen molar-refractivity contribution in [1.82, 2.24) is 0 Å². The van der Waals surface area contributed by atoms with E-state index in [9.17, 15) is 5.11 Å². The third kappa shape index (κ3) is 2.12. The van der Waals surface area contributed by atoms with E-state index in [4.69, 9.17) is 11.0 Å². The molecule has 0 fully saturated rings. The zero-order valence-corrected chi connectivity index (χ0v) is 7.77. The Morgan fingerprint density at radius 3 is 2.93 bits per heavy atom. The average Bonchev–Trinajstić information content (AvgIpc) is 2.19. The van der Waals surface area contributed by atoms with E-state index in [-0.39, 0.29) is 12.2 Å². The van der Waals surface area contributed by atoms with Gasteiger partial charge in [-0.25, -0.2) is 0 Å². The number of hydrogen-bond donors (Lipinski definition) is 2. The smallest absolute Gasteiger partial charge is 0.120 e. The Labute approximate surface area is 83.1 Å². The van der Waals surface area contributed by atoms with Crippen molar-refractivity contribution in [3.63, 3.8) is 0 Å². The molecular weight excluding hydrogens is 176 g/mol. The summed E-state index contributed by atoms with van der Waals surface area (Å²) >= 11 is 0. The summed E-state index contributed by atoms with van der Waals surface area (Å²) in [6.45, 7) is 3.62. The van der Waals surface area contributed by atoms with Gasteiger partial charge >= 0.3 is 0 Å². The molecule has 0 aliphatic carbocycles. The van der Waals surface area contributed by atoms with E-state index >= 15 is 0 Å². The van der Waals surface area contributed by atoms with Crippen LogP contribution in [0.4, 0.5) is 0 Å². The molecule has 0 amide bonds. The van der Waals surface area contributed by atoms with Crippen molar-refractivity contribution < 1.29 is 5.11 Å². The van der Waals surface area contributed by atoms with Gasteiger partial charge in [-0.1, -0.05) is 18.7 Å². The number of rotatable bonds is 3. The van der Waals surface area contributed by atoms with Crippen LogP contribution in [-0.2, 0) is 0 Å². The van der Waals surface area contributed by atoms with Gasteiger partial charge in [-0.05, 0) is 17.7 Å². The van der Waals surface area contributed by atoms with Crippen molar-refractivity contribution in [2.75, 3.05) is 0 Å². The predicted molar refractivity (Wildman–Crippen MR) is 55.4 cm³/mol. The van der Waals surface area contributed by atoms with Crippen LogP contribution in [0.2, 0.25) is 0 Å². The highest BCUT2D eigenvalue weighted by Crippen LogP contribution is 2.25. The molecule has 0 spiro atoms. The van der Waals surface area contributed by atoms with Crippen LogP contribution in [0.5, 0.6) is 5.75 Å². The van der Waals surface area contributed by atoms with Crippen LogP contribution < -0.4 is 5.73 Å². The molecule has 0 aliphatic heterocycles. The molecule has 0 aromatic heterocycles. The maximum absolute atomic E-state index is 9.50. The number of aromatic hydroxyl groups is 1. The fourth-order valence-electron chi connectivity index (χ4n) is 1.21. The molecular formula is C11H12N2O. The van der Waals surface area contributed by atoms with Gasteiger partial charge in [0.25, 0.3) is 0 Å². The van der Waals surface area contributed by atoms with Gasteiger partial charge < -0.3 is 10.8 Å². The maximum Gasteiger partial charge on any atom is 0.120 e. The Bertz CT molecular complexity index is 379. The summed E-state index contributed by atoms with van der Waals surface area (Å²) in [6, 6.07) is 6.56. The van der Waals surface area contributed by atoms with E-state index in [0.29, 0.717) is 5.56 Å². The molecule has 1 aromatic rings. The molecule has 72 valence electrons. The summed E-state index contributed by atoms with van der Waals surface area (Å²) in [4.78, 5) is 0. The van der Waals surface area contributed by atoms with Crippen molar-refractivity contribution >= 4 is 6.08 Å². The molecule has 3 heteroatoms. The number of hydrogen-bond acceptors (Lipinski definition) is 3. The molecule has 3 N–H and O–H groups in total. The van der Waals surface area contributed by atoms with E-state index in [0.717, 1.165) is 5.56 Å². The van der Waals surface area contributed by atoms with E-state index < -0.39 is 6.04 Å². The number of phenols is 1. The third-order valence-electron chi connectivity index (χ3n) is 2.00. The average molecular weight is 188 g/mol. The van der Waals surface area contributed by atoms with Crippen molar-refractivity contribution in [2.24, 2.45) is 5.73 Å². The topological polar surface area (TPSA) is 70.0 Å². The summed E-state index contributed by atoms with van der Waals surface area (Å²) in [7, 11) is 0. The lowest BCUT2D eigenvalue weighted by atomic mass is 10.0. The molecule has 0 saturated carbocycles. The second-order valence-electron chi connectivity index (χ2n) is 2.99. The second kappa shape index (κ2) is 4.45. The molecule has 1 atom stereocenters. The summed E-state index contributed by atoms with van der Waals surface area (Å²) in [5.74, 6) is 0.123. The number of benzene rings is 1. The highest BCUT2D eigenvalue weighted by atomic mass is 16.3. The highest BCUT2D eigenvalue weighted by Gasteiger charge is 2.10. The van der Waals surface area contributed by atoms with Crippen molar-refractivity contribution in [2.45, 2.75) is 12.5 Å². The van der Waals surface area contributed by atoms with Crippen LogP contribution in [0.15, 0.2) is 24.8 Å². The fraction of sp³-hybridized carbons (Fsp3) is 0.182. The normalized spacial score (nSPS) is 11.7. The predicted octanol–water partition coefficient (Wildman–Crippen LogP) is 1.95. The monoisotopic (exact) mass is 188 g/mol. The van der Waals surface area contributed by atoms with E-state index in [1.165, 1.54) is 0 Å². The molecule has 0 aliphatic rings. The first-order chi connectivity index (χ1) is 6.69. The van der Waals surface area contributed by atoms with Crippen molar-refractivity contribution in [3.05, 3.63) is 35.9 Å². The lowest BCUT2D eigenvalue weighted by molar-refractivity contribution is 0.462. The summed E-state index contributed by atoms with van der Waals surface area (Å²) in [5.41, 5.74) is 7.18. The van der Waals surface area contributed by atoms with Crippen LogP contribution in [-0.4, -0.2) is 5.11 Å². The van der Waals surface area contributed by atoms with Crippen LogP contribution in [0.25, 0.3) is 6.08 Å². The molecule has 1 aromatic carbocycles. The third-order valence-corrected chi connectivity index (χ3v) is 2.00. The summed E-state index contributed by atoms with van der Waals surface area (Å²) in [5, 5.41) is 18.0. The Kier molecular flexibility index (Phi) is 3.27. The molecule has 0 radical (unpaired) electrons. The van der Waals surface area contributed by atoms with Gasteiger partial charge in [-0.15, -0.1) is 0 Å². The molecule has 14 heavy (non-hydrogen) atoms. The van der Waals surface area contributed by atoms with Gasteiger partial charge in [0.15, 0.2) is 0 Å². The number of nitriles is 1. The van der Waals surface area contributed by atoms with Crippen LogP contribution in [0.3, 0.4) is 0 Å². The van der Waals surface area contributed by atoms with Crippen LogP contribution >= 0.6 is 0 Å². The summed E-state index contributed by atoms with van der Waals surface area (Å²) < 4.78 is 0. The fourth-order valence-corrected chi connectivity index (χ4v) is 1.21. The van der Waals surface area contributed by atoms with E-state index in [2.05, 4.69) is 6.58 Å². The molecule has 0 heterocycles. The minimum absolute atomic E-state index is 0.123. The van der Waals surface area contributed by atoms with Gasteiger partial charge in [0, 0.05) is 11.6 Å². The summed E-state index contributed by atoms with van der Waals surface area (Å²) in [6.07, 6.45) is 1.86. The largest absolute Gasteiger partial charge is 0.508 e. The lowest BCUT2D eigenvalue weighted by Gasteiger charge is -2.10. The van der Waals surface area contributed by atoms with Crippen molar-refractivity contribution in [1.29, 1.82) is 5.26 Å². The molecule has 0 saturated heterocycles. The highest BCUT2D eigenvalue weighted by molar-refractivity contribution is 5.52. The quantitative estimate of drug-likeness (QED) is 0.761. The van der Waals surface area contributed by atoms with Crippen molar-refractivity contribution in [3.8, 4) is 11.8 Å². The molecule has 1 rings (SSSR count). The van der Waals surface area contributed by atoms with Crippen LogP contribution in [0.1, 0.15) is 23.6 Å². The van der Waals surface area contributed by atoms with Gasteiger partial charge in [-0.3, -0.25) is 0 Å². The number of phenolic OH excluding ortho intramolecular Hbond substituents is 1. The Morgan fingerprint density at radius 1 is 1.64 bits per heavy atom. The Balaban J connectivity index is 3.06. The zero-order chi connectivity index (χ0) is 10.6. The minimum atomic E-state index is -0.445. The first-order valence-corrected chi connectivity index (χ1v) is 4.27. The molecule has 3 nitrogen and oxygen atoms in total. The second-order valence-corrected chi connectivity index (χ2v) is 2.99. The Morgan fingerprint density at radius 2 is 2.36 bits per heavy atom.